The van der Waals surface area contributed by atoms with Crippen molar-refractivity contribution in [2.45, 2.75) is 26.8 Å². The lowest BCUT2D eigenvalue weighted by molar-refractivity contribution is -0.129. The molecule has 1 heterocycles. The third-order valence-corrected chi connectivity index (χ3v) is 4.82. The molecule has 0 N–H and O–H groups in total. The number of carbonyl (C=O) groups excluding carboxylic acids is 1. The van der Waals surface area contributed by atoms with Gasteiger partial charge in [0.25, 0.3) is 0 Å². The number of amides is 1. The van der Waals surface area contributed by atoms with Gasteiger partial charge >= 0.3 is 0 Å². The smallest absolute Gasteiger partial charge is 0.227 e. The number of pyridine rings is 1. The van der Waals surface area contributed by atoms with E-state index in [9.17, 15) is 4.79 Å². The van der Waals surface area contributed by atoms with E-state index < -0.39 is 0 Å². The second-order valence-corrected chi connectivity index (χ2v) is 6.59. The van der Waals surface area contributed by atoms with Crippen LogP contribution in [0.15, 0.2) is 48.5 Å². The van der Waals surface area contributed by atoms with Gasteiger partial charge in [0.15, 0.2) is 0 Å². The van der Waals surface area contributed by atoms with E-state index in [4.69, 9.17) is 4.74 Å². The maximum absolute atomic E-state index is 12.8. The molecule has 0 aliphatic rings. The molecule has 0 aliphatic heterocycles. The summed E-state index contributed by atoms with van der Waals surface area (Å²) in [7, 11) is 3.48. The monoisotopic (exact) mass is 348 g/mol. The zero-order valence-corrected chi connectivity index (χ0v) is 15.7. The Balaban J connectivity index is 1.77. The van der Waals surface area contributed by atoms with Crippen LogP contribution in [-0.4, -0.2) is 29.9 Å². The fourth-order valence-electron chi connectivity index (χ4n) is 3.21. The number of hydrogen-bond donors (Lipinski definition) is 0. The van der Waals surface area contributed by atoms with Crippen molar-refractivity contribution in [1.29, 1.82) is 0 Å². The van der Waals surface area contributed by atoms with E-state index in [0.29, 0.717) is 13.0 Å². The number of fused-ring (bicyclic) bond motifs is 1. The van der Waals surface area contributed by atoms with E-state index in [1.165, 1.54) is 0 Å². The molecule has 1 amide bonds. The first-order valence-electron chi connectivity index (χ1n) is 8.71. The average Bonchev–Trinajstić information content (AvgIpc) is 2.65. The van der Waals surface area contributed by atoms with E-state index in [0.717, 1.165) is 39.0 Å². The van der Waals surface area contributed by atoms with Crippen LogP contribution in [-0.2, 0) is 17.8 Å². The molecule has 1 aromatic heterocycles. The minimum Gasteiger partial charge on any atom is -0.497 e. The summed E-state index contributed by atoms with van der Waals surface area (Å²) in [4.78, 5) is 19.2. The number of nitrogens with zero attached hydrogens (tertiary/aromatic N) is 2. The number of hydrogen-bond acceptors (Lipinski definition) is 3. The zero-order valence-electron chi connectivity index (χ0n) is 15.7. The summed E-state index contributed by atoms with van der Waals surface area (Å²) in [6.45, 7) is 4.62. The van der Waals surface area contributed by atoms with Crippen molar-refractivity contribution in [2.24, 2.45) is 0 Å². The molecule has 0 saturated heterocycles. The first-order valence-corrected chi connectivity index (χ1v) is 8.71. The van der Waals surface area contributed by atoms with Gasteiger partial charge in [0.1, 0.15) is 5.75 Å². The van der Waals surface area contributed by atoms with Crippen molar-refractivity contribution >= 4 is 16.8 Å². The molecule has 3 rings (SSSR count). The molecule has 26 heavy (non-hydrogen) atoms. The van der Waals surface area contributed by atoms with Crippen LogP contribution in [0, 0.1) is 13.8 Å². The van der Waals surface area contributed by atoms with Crippen LogP contribution >= 0.6 is 0 Å². The first kappa shape index (κ1) is 17.9. The Hall–Kier alpha value is -2.88. The van der Waals surface area contributed by atoms with Gasteiger partial charge in [0, 0.05) is 24.7 Å². The molecule has 0 fully saturated rings. The summed E-state index contributed by atoms with van der Waals surface area (Å²) >= 11 is 0. The quantitative estimate of drug-likeness (QED) is 0.698. The van der Waals surface area contributed by atoms with Gasteiger partial charge in [0.05, 0.1) is 19.0 Å². The molecule has 0 spiro atoms. The topological polar surface area (TPSA) is 42.4 Å². The van der Waals surface area contributed by atoms with E-state index in [-0.39, 0.29) is 5.91 Å². The van der Waals surface area contributed by atoms with Gasteiger partial charge in [0.2, 0.25) is 5.91 Å². The Kier molecular flexibility index (Phi) is 5.21. The fourth-order valence-corrected chi connectivity index (χ4v) is 3.21. The molecule has 0 radical (unpaired) electrons. The number of para-hydroxylation sites is 1. The van der Waals surface area contributed by atoms with Crippen LogP contribution in [0.3, 0.4) is 0 Å². The van der Waals surface area contributed by atoms with Gasteiger partial charge in [-0.15, -0.1) is 0 Å². The normalized spacial score (nSPS) is 10.8. The average molecular weight is 348 g/mol. The van der Waals surface area contributed by atoms with E-state index in [1.807, 2.05) is 56.4 Å². The van der Waals surface area contributed by atoms with Crippen LogP contribution in [0.5, 0.6) is 5.75 Å². The third-order valence-electron chi connectivity index (χ3n) is 4.82. The van der Waals surface area contributed by atoms with Crippen molar-refractivity contribution < 1.29 is 9.53 Å². The molecule has 4 nitrogen and oxygen atoms in total. The van der Waals surface area contributed by atoms with Gasteiger partial charge in [-0.3, -0.25) is 9.78 Å². The number of carbonyl (C=O) groups is 1. The highest BCUT2D eigenvalue weighted by Crippen LogP contribution is 2.23. The van der Waals surface area contributed by atoms with Gasteiger partial charge in [-0.1, -0.05) is 30.3 Å². The molecule has 134 valence electrons. The molecule has 2 aromatic carbocycles. The lowest BCUT2D eigenvalue weighted by atomic mass is 9.99. The summed E-state index contributed by atoms with van der Waals surface area (Å²) in [6.07, 6.45) is 0.363. The van der Waals surface area contributed by atoms with E-state index in [1.54, 1.807) is 12.0 Å². The minimum atomic E-state index is 0.0871. The number of aromatic nitrogens is 1. The summed E-state index contributed by atoms with van der Waals surface area (Å²) in [5, 5.41) is 1.11. The first-order chi connectivity index (χ1) is 12.5. The highest BCUT2D eigenvalue weighted by molar-refractivity contribution is 5.86. The number of ether oxygens (including phenoxy) is 1. The number of methoxy groups -OCH3 is 1. The molecule has 3 aromatic rings. The molecule has 0 saturated carbocycles. The summed E-state index contributed by atoms with van der Waals surface area (Å²) in [5.74, 6) is 0.903. The summed E-state index contributed by atoms with van der Waals surface area (Å²) < 4.78 is 5.17. The van der Waals surface area contributed by atoms with Crippen molar-refractivity contribution in [3.63, 3.8) is 0 Å². The second-order valence-electron chi connectivity index (χ2n) is 6.59. The molecule has 0 aliphatic carbocycles. The Labute approximate surface area is 154 Å². The number of benzene rings is 2. The standard InChI is InChI=1S/C22H24N2O2/c1-15-19-7-5-6-8-21(19)23-16(2)20(15)13-22(25)24(3)14-17-9-11-18(26-4)12-10-17/h5-12H,13-14H2,1-4H3. The zero-order chi connectivity index (χ0) is 18.7. The SMILES string of the molecule is COc1ccc(CN(C)C(=O)Cc2c(C)nc3ccccc3c2C)cc1. The van der Waals surface area contributed by atoms with Crippen LogP contribution in [0.1, 0.15) is 22.4 Å². The van der Waals surface area contributed by atoms with E-state index >= 15 is 0 Å². The minimum absolute atomic E-state index is 0.0871. The van der Waals surface area contributed by atoms with Gasteiger partial charge in [-0.05, 0) is 48.7 Å². The predicted octanol–water partition coefficient (Wildman–Crippen LogP) is 4.06. The van der Waals surface area contributed by atoms with E-state index in [2.05, 4.69) is 18.0 Å². The highest BCUT2D eigenvalue weighted by atomic mass is 16.5. The van der Waals surface area contributed by atoms with Gasteiger partial charge in [-0.2, -0.15) is 0 Å². The summed E-state index contributed by atoms with van der Waals surface area (Å²) in [5.41, 5.74) is 5.14. The predicted molar refractivity (Wildman–Crippen MR) is 104 cm³/mol. The fraction of sp³-hybridized carbons (Fsp3) is 0.273. The highest BCUT2D eigenvalue weighted by Gasteiger charge is 2.16. The lowest BCUT2D eigenvalue weighted by Crippen LogP contribution is -2.28. The number of rotatable bonds is 5. The van der Waals surface area contributed by atoms with Crippen LogP contribution in [0.25, 0.3) is 10.9 Å². The van der Waals surface area contributed by atoms with Gasteiger partial charge < -0.3 is 9.64 Å². The lowest BCUT2D eigenvalue weighted by Gasteiger charge is -2.19. The molecule has 0 atom stereocenters. The Morgan fingerprint density at radius 2 is 1.77 bits per heavy atom. The largest absolute Gasteiger partial charge is 0.497 e. The van der Waals surface area contributed by atoms with Crippen molar-refractivity contribution in [3.05, 3.63) is 70.9 Å². The van der Waals surface area contributed by atoms with Crippen LogP contribution in [0.4, 0.5) is 0 Å². The molecular weight excluding hydrogens is 324 g/mol. The second kappa shape index (κ2) is 7.56. The Morgan fingerprint density at radius 3 is 2.46 bits per heavy atom. The molecule has 4 heteroatoms. The molecule has 0 unspecified atom stereocenters. The Morgan fingerprint density at radius 1 is 1.08 bits per heavy atom. The Bertz CT molecular complexity index is 933. The number of aryl methyl sites for hydroxylation is 2. The van der Waals surface area contributed by atoms with Crippen molar-refractivity contribution in [2.75, 3.05) is 14.2 Å². The maximum Gasteiger partial charge on any atom is 0.227 e. The van der Waals surface area contributed by atoms with Crippen molar-refractivity contribution in [3.8, 4) is 5.75 Å². The number of likely N-dealkylation sites (N-methyl/N-ethyl adjacent to an activating group) is 1. The third kappa shape index (κ3) is 3.69. The maximum atomic E-state index is 12.8. The van der Waals surface area contributed by atoms with Crippen LogP contribution in [0.2, 0.25) is 0 Å². The summed E-state index contributed by atoms with van der Waals surface area (Å²) in [6, 6.07) is 15.9. The van der Waals surface area contributed by atoms with Crippen LogP contribution < -0.4 is 4.74 Å². The molecule has 0 bridgehead atoms. The van der Waals surface area contributed by atoms with Gasteiger partial charge in [-0.25, -0.2) is 0 Å². The molecular formula is C22H24N2O2. The van der Waals surface area contributed by atoms with Crippen molar-refractivity contribution in [1.82, 2.24) is 9.88 Å².